The lowest BCUT2D eigenvalue weighted by molar-refractivity contribution is -0.144. The number of hydrogen-bond donors (Lipinski definition) is 2. The van der Waals surface area contributed by atoms with Gasteiger partial charge in [0.05, 0.1) is 30.3 Å². The lowest BCUT2D eigenvalue weighted by atomic mass is 9.95. The average molecular weight is 419 g/mol. The summed E-state index contributed by atoms with van der Waals surface area (Å²) in [6.45, 7) is 1.64. The molecule has 0 aromatic heterocycles. The Morgan fingerprint density at radius 1 is 1.21 bits per heavy atom. The number of allylic oxidation sites excluding steroid dienone is 2. The van der Waals surface area contributed by atoms with Gasteiger partial charge in [-0.1, -0.05) is 35.9 Å². The van der Waals surface area contributed by atoms with Crippen molar-refractivity contribution in [3.8, 4) is 0 Å². The molecule has 8 heteroatoms. The molecule has 0 saturated carbocycles. The van der Waals surface area contributed by atoms with Crippen LogP contribution in [0.5, 0.6) is 0 Å². The van der Waals surface area contributed by atoms with Crippen molar-refractivity contribution < 1.29 is 23.9 Å². The van der Waals surface area contributed by atoms with Crippen LogP contribution in [0, 0.1) is 5.92 Å². The Hall–Kier alpha value is -2.80. The van der Waals surface area contributed by atoms with Crippen molar-refractivity contribution in [1.29, 1.82) is 0 Å². The Morgan fingerprint density at radius 2 is 1.97 bits per heavy atom. The second kappa shape index (κ2) is 9.60. The van der Waals surface area contributed by atoms with Gasteiger partial charge in [-0.2, -0.15) is 0 Å². The number of benzene rings is 1. The van der Waals surface area contributed by atoms with Gasteiger partial charge < -0.3 is 20.1 Å². The molecule has 0 saturated heterocycles. The van der Waals surface area contributed by atoms with E-state index < -0.39 is 18.0 Å². The Labute approximate surface area is 174 Å². The third kappa shape index (κ3) is 5.38. The smallest absolute Gasteiger partial charge is 0.338 e. The van der Waals surface area contributed by atoms with Crippen LogP contribution in [0.1, 0.15) is 37.8 Å². The minimum atomic E-state index is -0.744. The molecule has 2 aliphatic rings. The molecule has 1 heterocycles. The zero-order chi connectivity index (χ0) is 20.8. The van der Waals surface area contributed by atoms with E-state index in [-0.39, 0.29) is 42.8 Å². The number of rotatable bonds is 7. The zero-order valence-electron chi connectivity index (χ0n) is 16.1. The monoisotopic (exact) mass is 418 g/mol. The van der Waals surface area contributed by atoms with Crippen LogP contribution in [0.15, 0.2) is 47.7 Å². The van der Waals surface area contributed by atoms with Gasteiger partial charge in [-0.05, 0) is 43.4 Å². The predicted molar refractivity (Wildman–Crippen MR) is 107 cm³/mol. The first-order valence-electron chi connectivity index (χ1n) is 9.53. The average Bonchev–Trinajstić information content (AvgIpc) is 3.19. The third-order valence-electron chi connectivity index (χ3n) is 4.77. The molecular weight excluding hydrogens is 396 g/mol. The molecule has 2 amide bonds. The van der Waals surface area contributed by atoms with Crippen LogP contribution < -0.4 is 10.6 Å². The van der Waals surface area contributed by atoms with Crippen LogP contribution >= 0.6 is 11.6 Å². The van der Waals surface area contributed by atoms with Crippen LogP contribution in [0.25, 0.3) is 0 Å². The molecule has 3 rings (SSSR count). The summed E-state index contributed by atoms with van der Waals surface area (Å²) in [5, 5.41) is 5.83. The van der Waals surface area contributed by atoms with E-state index in [1.54, 1.807) is 31.2 Å². The SMILES string of the molecule is CCOC(=O)C1=C(COC(=O)C[C@H]2C=CCC2)NC(=O)N[C@@H]1c1ccc(Cl)cc1. The molecule has 1 aromatic rings. The normalized spacial score (nSPS) is 20.8. The molecular formula is C21H23ClN2O5. The fourth-order valence-corrected chi connectivity index (χ4v) is 3.50. The van der Waals surface area contributed by atoms with E-state index in [1.807, 2.05) is 12.2 Å². The maximum Gasteiger partial charge on any atom is 0.338 e. The minimum Gasteiger partial charge on any atom is -0.463 e. The van der Waals surface area contributed by atoms with E-state index in [9.17, 15) is 14.4 Å². The maximum absolute atomic E-state index is 12.6. The fourth-order valence-electron chi connectivity index (χ4n) is 3.38. The molecule has 2 N–H and O–H groups in total. The quantitative estimate of drug-likeness (QED) is 0.522. The summed E-state index contributed by atoms with van der Waals surface area (Å²) >= 11 is 5.95. The van der Waals surface area contributed by atoms with Crippen molar-refractivity contribution in [2.75, 3.05) is 13.2 Å². The fraction of sp³-hybridized carbons (Fsp3) is 0.381. The van der Waals surface area contributed by atoms with Crippen molar-refractivity contribution in [2.45, 2.75) is 32.2 Å². The van der Waals surface area contributed by atoms with Gasteiger partial charge in [0.15, 0.2) is 0 Å². The molecule has 1 aliphatic carbocycles. The Bertz CT molecular complexity index is 847. The summed E-state index contributed by atoms with van der Waals surface area (Å²) in [5.74, 6) is -0.803. The van der Waals surface area contributed by atoms with Gasteiger partial charge >= 0.3 is 18.0 Å². The molecule has 0 unspecified atom stereocenters. The molecule has 0 spiro atoms. The summed E-state index contributed by atoms with van der Waals surface area (Å²) in [6.07, 6.45) is 6.20. The van der Waals surface area contributed by atoms with Crippen LogP contribution in [-0.2, 0) is 19.1 Å². The topological polar surface area (TPSA) is 93.7 Å². The van der Waals surface area contributed by atoms with E-state index >= 15 is 0 Å². The van der Waals surface area contributed by atoms with Crippen molar-refractivity contribution in [3.63, 3.8) is 0 Å². The maximum atomic E-state index is 12.6. The number of nitrogens with one attached hydrogen (secondary N) is 2. The standard InChI is InChI=1S/C21H23ClN2O5/c1-2-28-20(26)18-16(12-29-17(25)11-13-5-3-4-6-13)23-21(27)24-19(18)14-7-9-15(22)10-8-14/h3,5,7-10,13,19H,2,4,6,11-12H2,1H3,(H2,23,24,27)/t13-,19+/m0/s1. The Balaban J connectivity index is 1.83. The Morgan fingerprint density at radius 3 is 2.62 bits per heavy atom. The van der Waals surface area contributed by atoms with Gasteiger partial charge in [-0.3, -0.25) is 4.79 Å². The zero-order valence-corrected chi connectivity index (χ0v) is 16.8. The van der Waals surface area contributed by atoms with Crippen LogP contribution in [-0.4, -0.2) is 31.2 Å². The number of carbonyl (C=O) groups is 3. The van der Waals surface area contributed by atoms with Crippen LogP contribution in [0.2, 0.25) is 5.02 Å². The summed E-state index contributed by atoms with van der Waals surface area (Å²) in [7, 11) is 0. The molecule has 29 heavy (non-hydrogen) atoms. The minimum absolute atomic E-state index is 0.171. The highest BCUT2D eigenvalue weighted by Gasteiger charge is 2.34. The summed E-state index contributed by atoms with van der Waals surface area (Å²) in [5.41, 5.74) is 1.07. The molecule has 1 aromatic carbocycles. The highest BCUT2D eigenvalue weighted by atomic mass is 35.5. The second-order valence-electron chi connectivity index (χ2n) is 6.83. The lowest BCUT2D eigenvalue weighted by Gasteiger charge is -2.29. The number of carbonyl (C=O) groups excluding carboxylic acids is 3. The molecule has 7 nitrogen and oxygen atoms in total. The number of urea groups is 1. The van der Waals surface area contributed by atoms with E-state index in [2.05, 4.69) is 10.6 Å². The van der Waals surface area contributed by atoms with Crippen molar-refractivity contribution in [3.05, 3.63) is 58.3 Å². The highest BCUT2D eigenvalue weighted by Crippen LogP contribution is 2.29. The Kier molecular flexibility index (Phi) is 6.93. The summed E-state index contributed by atoms with van der Waals surface area (Å²) < 4.78 is 10.5. The first kappa shape index (κ1) is 20.9. The van der Waals surface area contributed by atoms with Crippen molar-refractivity contribution in [2.24, 2.45) is 5.92 Å². The lowest BCUT2D eigenvalue weighted by Crippen LogP contribution is -2.47. The molecule has 0 bridgehead atoms. The first-order chi connectivity index (χ1) is 14.0. The van der Waals surface area contributed by atoms with Gasteiger partial charge in [-0.15, -0.1) is 0 Å². The highest BCUT2D eigenvalue weighted by molar-refractivity contribution is 6.30. The van der Waals surface area contributed by atoms with E-state index in [4.69, 9.17) is 21.1 Å². The molecule has 154 valence electrons. The number of ether oxygens (including phenoxy) is 2. The van der Waals surface area contributed by atoms with Gasteiger partial charge in [0, 0.05) is 5.02 Å². The van der Waals surface area contributed by atoms with Crippen molar-refractivity contribution in [1.82, 2.24) is 10.6 Å². The van der Waals surface area contributed by atoms with E-state index in [0.717, 1.165) is 12.8 Å². The largest absolute Gasteiger partial charge is 0.463 e. The first-order valence-corrected chi connectivity index (χ1v) is 9.91. The predicted octanol–water partition coefficient (Wildman–Crippen LogP) is 3.41. The van der Waals surface area contributed by atoms with Gasteiger partial charge in [-0.25, -0.2) is 9.59 Å². The van der Waals surface area contributed by atoms with Gasteiger partial charge in [0.2, 0.25) is 0 Å². The molecule has 0 fully saturated rings. The molecule has 0 radical (unpaired) electrons. The van der Waals surface area contributed by atoms with Gasteiger partial charge in [0.25, 0.3) is 0 Å². The second-order valence-corrected chi connectivity index (χ2v) is 7.26. The number of esters is 2. The van der Waals surface area contributed by atoms with Crippen LogP contribution in [0.3, 0.4) is 0 Å². The number of amides is 2. The third-order valence-corrected chi connectivity index (χ3v) is 5.02. The summed E-state index contributed by atoms with van der Waals surface area (Å²) in [4.78, 5) is 37.0. The van der Waals surface area contributed by atoms with Gasteiger partial charge in [0.1, 0.15) is 6.61 Å². The van der Waals surface area contributed by atoms with E-state index in [0.29, 0.717) is 10.6 Å². The van der Waals surface area contributed by atoms with Crippen LogP contribution in [0.4, 0.5) is 4.79 Å². The number of halogens is 1. The number of hydrogen-bond acceptors (Lipinski definition) is 5. The molecule has 2 atom stereocenters. The van der Waals surface area contributed by atoms with Crippen molar-refractivity contribution >= 4 is 29.6 Å². The van der Waals surface area contributed by atoms with E-state index in [1.165, 1.54) is 0 Å². The molecule has 1 aliphatic heterocycles. The summed E-state index contributed by atoms with van der Waals surface area (Å²) in [6, 6.07) is 5.53.